The Morgan fingerprint density at radius 3 is 1.36 bits per heavy atom. The first-order valence-electron chi connectivity index (χ1n) is 14.2. The molecule has 0 N–H and O–H groups in total. The minimum Gasteiger partial charge on any atom is -0.503 e. The Labute approximate surface area is 300 Å². The van der Waals surface area contributed by atoms with Gasteiger partial charge in [0.25, 0.3) is 0 Å². The minimum atomic E-state index is -1.17. The summed E-state index contributed by atoms with van der Waals surface area (Å²) >= 11 is 0. The molecule has 0 fully saturated rings. The molecule has 0 radical (unpaired) electrons. The molecule has 0 saturated heterocycles. The van der Waals surface area contributed by atoms with Crippen LogP contribution in [-0.2, 0) is 40.8 Å². The van der Waals surface area contributed by atoms with Gasteiger partial charge in [-0.15, -0.1) is 82.0 Å². The van der Waals surface area contributed by atoms with Crippen LogP contribution in [-0.4, -0.2) is 19.9 Å². The second kappa shape index (κ2) is 14.5. The third kappa shape index (κ3) is 6.81. The van der Waals surface area contributed by atoms with E-state index in [1.165, 1.54) is 0 Å². The van der Waals surface area contributed by atoms with Crippen LogP contribution < -0.4 is 9.47 Å². The topological polar surface area (TPSA) is 70.0 Å². The average molecular weight is 809 g/mol. The van der Waals surface area contributed by atoms with Crippen molar-refractivity contribution in [2.75, 3.05) is 0 Å². The Morgan fingerprint density at radius 1 is 0.426 bits per heavy atom. The molecule has 0 unspecified atom stereocenters. The molecule has 0 aliphatic heterocycles. The van der Waals surface area contributed by atoms with E-state index in [9.17, 15) is 0 Å². The monoisotopic (exact) mass is 808 g/mol. The zero-order valence-electron chi connectivity index (χ0n) is 24.3. The summed E-state index contributed by atoms with van der Waals surface area (Å²) < 4.78 is 12.6. The van der Waals surface area contributed by atoms with E-state index >= 15 is 0 Å². The predicted octanol–water partition coefficient (Wildman–Crippen LogP) is 9.66. The van der Waals surface area contributed by atoms with E-state index in [1.807, 2.05) is 91.0 Å². The largest absolute Gasteiger partial charge is 2.00 e. The maximum Gasteiger partial charge on any atom is 2.00 e. The standard InChI is InChI=1S/C38H21N4O2P.2Pd/c1-3-18-39-34(12-1)26-8-5-10-28(22-26)43-30-14-16-32-33-17-15-31(25-37(33)45(36(32)24-30)38-41-20-7-21-42-38)44-29-11-6-9-27(23-29)35-13-2-4-19-40-35;;/h1-21H;;/q-4;2*+2. The van der Waals surface area contributed by atoms with Crippen molar-refractivity contribution < 1.29 is 50.3 Å². The molecule has 4 heterocycles. The van der Waals surface area contributed by atoms with Gasteiger partial charge in [0.1, 0.15) is 0 Å². The first kappa shape index (κ1) is 32.4. The van der Waals surface area contributed by atoms with Crippen LogP contribution in [0.1, 0.15) is 0 Å². The van der Waals surface area contributed by atoms with Crippen molar-refractivity contribution in [1.82, 2.24) is 19.9 Å². The quantitative estimate of drug-likeness (QED) is 0.118. The van der Waals surface area contributed by atoms with Gasteiger partial charge < -0.3 is 19.4 Å². The number of fused-ring (bicyclic) bond motifs is 3. The smallest absolute Gasteiger partial charge is 0.503 e. The number of benzene rings is 4. The van der Waals surface area contributed by atoms with Crippen molar-refractivity contribution in [1.29, 1.82) is 0 Å². The van der Waals surface area contributed by atoms with Crippen molar-refractivity contribution in [2.45, 2.75) is 0 Å². The number of nitrogens with zero attached hydrogens (tertiary/aromatic N) is 4. The molecule has 6 nitrogen and oxygen atoms in total. The number of aromatic nitrogens is 4. The second-order valence-corrected chi connectivity index (χ2v) is 12.0. The molecule has 4 aromatic carbocycles. The van der Waals surface area contributed by atoms with Crippen LogP contribution in [0.3, 0.4) is 0 Å². The first-order chi connectivity index (χ1) is 22.3. The fourth-order valence-electron chi connectivity index (χ4n) is 5.15. The molecule has 0 atom stereocenters. The molecule has 0 aliphatic rings. The summed E-state index contributed by atoms with van der Waals surface area (Å²) in [6, 6.07) is 46.7. The molecular weight excluding hydrogens is 788 g/mol. The number of ether oxygens (including phenoxy) is 2. The zero-order chi connectivity index (χ0) is 30.0. The minimum absolute atomic E-state index is 0. The van der Waals surface area contributed by atoms with E-state index in [0.717, 1.165) is 43.5 Å². The van der Waals surface area contributed by atoms with Crippen molar-refractivity contribution in [3.05, 3.63) is 152 Å². The second-order valence-electron chi connectivity index (χ2n) is 10.0. The molecule has 0 spiro atoms. The third-order valence-corrected chi connectivity index (χ3v) is 9.37. The molecule has 47 heavy (non-hydrogen) atoms. The SMILES string of the molecule is [Pd+2].[Pd+2].[c-]1c(Oc2[c-]c3c(cc2)c2ccc(Oc4[c-]c(-c5ccccn5)ccc4)[c-]c2p3-c2ncccn2)cccc1-c1ccccn1. The molecular formula is C38H21N4O2PPd2. The maximum atomic E-state index is 6.29. The summed E-state index contributed by atoms with van der Waals surface area (Å²) in [6.45, 7) is 0. The Morgan fingerprint density at radius 2 is 0.894 bits per heavy atom. The van der Waals surface area contributed by atoms with Gasteiger partial charge in [-0.3, -0.25) is 0 Å². The summed E-state index contributed by atoms with van der Waals surface area (Å²) in [5.41, 5.74) is 4.08. The molecule has 8 aromatic rings. The molecule has 230 valence electrons. The summed E-state index contributed by atoms with van der Waals surface area (Å²) in [7, 11) is -1.17. The van der Waals surface area contributed by atoms with Gasteiger partial charge in [-0.2, -0.15) is 22.9 Å². The Bertz CT molecular complexity index is 2140. The van der Waals surface area contributed by atoms with Crippen molar-refractivity contribution in [3.8, 4) is 51.1 Å². The third-order valence-electron chi connectivity index (χ3n) is 7.14. The number of rotatable bonds is 7. The van der Waals surface area contributed by atoms with Crippen LogP contribution in [0, 0.1) is 24.3 Å². The van der Waals surface area contributed by atoms with E-state index in [1.54, 1.807) is 24.8 Å². The van der Waals surface area contributed by atoms with Crippen molar-refractivity contribution in [2.24, 2.45) is 0 Å². The van der Waals surface area contributed by atoms with Gasteiger partial charge in [0.15, 0.2) is 5.57 Å². The molecule has 0 bridgehead atoms. The summed E-state index contributed by atoms with van der Waals surface area (Å²) in [5, 5.41) is 4.05. The van der Waals surface area contributed by atoms with E-state index in [4.69, 9.17) is 9.47 Å². The predicted molar refractivity (Wildman–Crippen MR) is 176 cm³/mol. The van der Waals surface area contributed by atoms with Crippen LogP contribution in [0.25, 0.3) is 49.1 Å². The van der Waals surface area contributed by atoms with Gasteiger partial charge >= 0.3 is 40.8 Å². The first-order valence-corrected chi connectivity index (χ1v) is 15.6. The van der Waals surface area contributed by atoms with E-state index in [0.29, 0.717) is 28.6 Å². The molecule has 9 heteroatoms. The van der Waals surface area contributed by atoms with Gasteiger partial charge in [-0.25, -0.2) is 9.97 Å². The van der Waals surface area contributed by atoms with Crippen LogP contribution in [0.2, 0.25) is 0 Å². The van der Waals surface area contributed by atoms with E-state index in [-0.39, 0.29) is 40.8 Å². The van der Waals surface area contributed by atoms with Crippen LogP contribution in [0.4, 0.5) is 0 Å². The van der Waals surface area contributed by atoms with Gasteiger partial charge in [0, 0.05) is 47.8 Å². The zero-order valence-corrected chi connectivity index (χ0v) is 28.3. The van der Waals surface area contributed by atoms with Crippen molar-refractivity contribution >= 4 is 28.5 Å². The van der Waals surface area contributed by atoms with Crippen molar-refractivity contribution in [3.63, 3.8) is 0 Å². The molecule has 0 aliphatic carbocycles. The Hall–Kier alpha value is -4.52. The number of hydrogen-bond acceptors (Lipinski definition) is 6. The maximum absolute atomic E-state index is 6.29. The average Bonchev–Trinajstić information content (AvgIpc) is 3.42. The van der Waals surface area contributed by atoms with Crippen LogP contribution in [0.5, 0.6) is 23.0 Å². The van der Waals surface area contributed by atoms with Gasteiger partial charge in [0.05, 0.1) is 0 Å². The molecule has 8 rings (SSSR count). The Kier molecular flexibility index (Phi) is 10.0. The fourth-order valence-corrected chi connectivity index (χ4v) is 7.45. The fraction of sp³-hybridized carbons (Fsp3) is 0. The van der Waals surface area contributed by atoms with Gasteiger partial charge in [-0.1, -0.05) is 43.9 Å². The molecule has 4 aromatic heterocycles. The van der Waals surface area contributed by atoms with E-state index in [2.05, 4.69) is 56.3 Å². The van der Waals surface area contributed by atoms with Crippen LogP contribution >= 0.6 is 7.53 Å². The number of pyridine rings is 2. The summed E-state index contributed by atoms with van der Waals surface area (Å²) in [5.74, 6) is 2.32. The van der Waals surface area contributed by atoms with Gasteiger partial charge in [0.2, 0.25) is 0 Å². The molecule has 0 amide bonds. The van der Waals surface area contributed by atoms with E-state index < -0.39 is 7.53 Å². The normalized spacial score (nSPS) is 10.6. The van der Waals surface area contributed by atoms with Gasteiger partial charge in [-0.05, 0) is 29.6 Å². The van der Waals surface area contributed by atoms with Crippen LogP contribution in [0.15, 0.2) is 128 Å². The Balaban J connectivity index is 0.00000193. The summed E-state index contributed by atoms with van der Waals surface area (Å²) in [4.78, 5) is 18.2. The number of hydrogen-bond donors (Lipinski definition) is 0. The molecule has 0 saturated carbocycles. The summed E-state index contributed by atoms with van der Waals surface area (Å²) in [6.07, 6.45) is 7.06.